The molecule has 2 aromatic carbocycles. The molecule has 1 aliphatic carbocycles. The summed E-state index contributed by atoms with van der Waals surface area (Å²) in [6.07, 6.45) is 7.00. The lowest BCUT2D eigenvalue weighted by molar-refractivity contribution is 0.0734. The molecule has 1 aliphatic rings. The second kappa shape index (κ2) is 11.1. The standard InChI is InChI=1S/C25H32O4/c1-27-17-15-19-3-7-21(8-4-19)22-11-13-24(14-12-22)29-25(26)23-9-5-20(6-10-23)16-18-28-2/h5-6,9-14,19,21H,3-4,7-8,15-18H2,1-2H3. The van der Waals surface area contributed by atoms with Gasteiger partial charge in [0.25, 0.3) is 0 Å². The SMILES string of the molecule is COCCc1ccc(C(=O)Oc2ccc(C3CCC(CCOC)CC3)cc2)cc1. The van der Waals surface area contributed by atoms with Crippen molar-refractivity contribution in [3.05, 3.63) is 65.2 Å². The van der Waals surface area contributed by atoms with Crippen LogP contribution >= 0.6 is 0 Å². The van der Waals surface area contributed by atoms with Gasteiger partial charge in [-0.15, -0.1) is 0 Å². The first kappa shape index (κ1) is 21.5. The zero-order valence-electron chi connectivity index (χ0n) is 17.6. The van der Waals surface area contributed by atoms with Gasteiger partial charge in [0.15, 0.2) is 0 Å². The minimum absolute atomic E-state index is 0.324. The third-order valence-corrected chi connectivity index (χ3v) is 5.92. The molecule has 0 radical (unpaired) electrons. The summed E-state index contributed by atoms with van der Waals surface area (Å²) in [5, 5.41) is 0. The largest absolute Gasteiger partial charge is 0.423 e. The van der Waals surface area contributed by atoms with Gasteiger partial charge in [0.05, 0.1) is 12.2 Å². The van der Waals surface area contributed by atoms with E-state index >= 15 is 0 Å². The first-order valence-electron chi connectivity index (χ1n) is 10.6. The van der Waals surface area contributed by atoms with Crippen molar-refractivity contribution in [1.29, 1.82) is 0 Å². The molecular formula is C25H32O4. The average Bonchev–Trinajstić information content (AvgIpc) is 2.77. The zero-order chi connectivity index (χ0) is 20.5. The van der Waals surface area contributed by atoms with Crippen LogP contribution in [-0.2, 0) is 15.9 Å². The molecule has 0 amide bonds. The molecule has 0 atom stereocenters. The second-order valence-electron chi connectivity index (χ2n) is 7.90. The highest BCUT2D eigenvalue weighted by Crippen LogP contribution is 2.37. The number of hydrogen-bond acceptors (Lipinski definition) is 4. The van der Waals surface area contributed by atoms with Gasteiger partial charge in [0, 0.05) is 20.8 Å². The fourth-order valence-electron chi connectivity index (χ4n) is 4.07. The maximum absolute atomic E-state index is 12.4. The van der Waals surface area contributed by atoms with Crippen LogP contribution in [0.15, 0.2) is 48.5 Å². The van der Waals surface area contributed by atoms with Gasteiger partial charge in [-0.1, -0.05) is 24.3 Å². The van der Waals surface area contributed by atoms with E-state index in [0.29, 0.717) is 23.8 Å². The predicted octanol–water partition coefficient (Wildman–Crippen LogP) is 5.41. The summed E-state index contributed by atoms with van der Waals surface area (Å²) >= 11 is 0. The van der Waals surface area contributed by atoms with E-state index in [4.69, 9.17) is 14.2 Å². The maximum Gasteiger partial charge on any atom is 0.343 e. The molecule has 0 heterocycles. The van der Waals surface area contributed by atoms with Crippen LogP contribution in [0.25, 0.3) is 0 Å². The second-order valence-corrected chi connectivity index (χ2v) is 7.90. The Morgan fingerprint density at radius 2 is 1.52 bits per heavy atom. The first-order chi connectivity index (χ1) is 14.2. The number of carbonyl (C=O) groups excluding carboxylic acids is 1. The van der Waals surface area contributed by atoms with Gasteiger partial charge in [-0.25, -0.2) is 4.79 Å². The number of ether oxygens (including phenoxy) is 3. The van der Waals surface area contributed by atoms with Gasteiger partial charge in [0.1, 0.15) is 5.75 Å². The van der Waals surface area contributed by atoms with E-state index in [-0.39, 0.29) is 5.97 Å². The summed E-state index contributed by atoms with van der Waals surface area (Å²) in [7, 11) is 3.46. The third-order valence-electron chi connectivity index (χ3n) is 5.92. The van der Waals surface area contributed by atoms with Crippen LogP contribution in [0.2, 0.25) is 0 Å². The Morgan fingerprint density at radius 3 is 2.14 bits per heavy atom. The lowest BCUT2D eigenvalue weighted by Gasteiger charge is -2.28. The molecule has 4 heteroatoms. The fourth-order valence-corrected chi connectivity index (χ4v) is 4.07. The van der Waals surface area contributed by atoms with Crippen molar-refractivity contribution in [2.24, 2.45) is 5.92 Å². The number of hydrogen-bond donors (Lipinski definition) is 0. The lowest BCUT2D eigenvalue weighted by atomic mass is 9.78. The van der Waals surface area contributed by atoms with Crippen LogP contribution in [0, 0.1) is 5.92 Å². The van der Waals surface area contributed by atoms with Crippen molar-refractivity contribution < 1.29 is 19.0 Å². The van der Waals surface area contributed by atoms with E-state index in [1.807, 2.05) is 36.4 Å². The van der Waals surface area contributed by atoms with Crippen LogP contribution in [-0.4, -0.2) is 33.4 Å². The van der Waals surface area contributed by atoms with Gasteiger partial charge < -0.3 is 14.2 Å². The van der Waals surface area contributed by atoms with E-state index in [2.05, 4.69) is 12.1 Å². The van der Waals surface area contributed by atoms with Gasteiger partial charge in [-0.05, 0) is 85.8 Å². The predicted molar refractivity (Wildman–Crippen MR) is 115 cm³/mol. The molecule has 0 N–H and O–H groups in total. The van der Waals surface area contributed by atoms with Crippen molar-refractivity contribution in [2.45, 2.75) is 44.4 Å². The van der Waals surface area contributed by atoms with Crippen molar-refractivity contribution >= 4 is 5.97 Å². The Morgan fingerprint density at radius 1 is 0.862 bits per heavy atom. The maximum atomic E-state index is 12.4. The van der Waals surface area contributed by atoms with E-state index < -0.39 is 0 Å². The Labute approximate surface area is 174 Å². The molecule has 3 rings (SSSR count). The highest BCUT2D eigenvalue weighted by Gasteiger charge is 2.22. The van der Waals surface area contributed by atoms with E-state index in [0.717, 1.165) is 24.5 Å². The number of carbonyl (C=O) groups is 1. The molecule has 4 nitrogen and oxygen atoms in total. The summed E-state index contributed by atoms with van der Waals surface area (Å²) in [5.41, 5.74) is 3.05. The van der Waals surface area contributed by atoms with Crippen LogP contribution in [0.1, 0.15) is 59.5 Å². The molecule has 1 saturated carbocycles. The molecule has 1 fully saturated rings. The fraction of sp³-hybridized carbons (Fsp3) is 0.480. The normalized spacial score (nSPS) is 19.1. The topological polar surface area (TPSA) is 44.8 Å². The van der Waals surface area contributed by atoms with Gasteiger partial charge >= 0.3 is 5.97 Å². The Balaban J connectivity index is 1.51. The number of esters is 1. The smallest absolute Gasteiger partial charge is 0.343 e. The summed E-state index contributed by atoms with van der Waals surface area (Å²) in [5.74, 6) is 1.68. The highest BCUT2D eigenvalue weighted by molar-refractivity contribution is 5.91. The molecule has 0 aromatic heterocycles. The molecular weight excluding hydrogens is 364 g/mol. The van der Waals surface area contributed by atoms with Crippen molar-refractivity contribution in [1.82, 2.24) is 0 Å². The number of methoxy groups -OCH3 is 2. The van der Waals surface area contributed by atoms with Crippen LogP contribution in [0.3, 0.4) is 0 Å². The van der Waals surface area contributed by atoms with E-state index in [1.54, 1.807) is 14.2 Å². The lowest BCUT2D eigenvalue weighted by Crippen LogP contribution is -2.15. The van der Waals surface area contributed by atoms with Gasteiger partial charge in [0.2, 0.25) is 0 Å². The van der Waals surface area contributed by atoms with Gasteiger partial charge in [-0.2, -0.15) is 0 Å². The molecule has 29 heavy (non-hydrogen) atoms. The average molecular weight is 397 g/mol. The molecule has 0 saturated heterocycles. The summed E-state index contributed by atoms with van der Waals surface area (Å²) in [6, 6.07) is 15.6. The molecule has 0 spiro atoms. The Bertz CT molecular complexity index is 743. The monoisotopic (exact) mass is 396 g/mol. The summed E-state index contributed by atoms with van der Waals surface area (Å²) in [6.45, 7) is 1.54. The zero-order valence-corrected chi connectivity index (χ0v) is 17.6. The van der Waals surface area contributed by atoms with E-state index in [9.17, 15) is 4.79 Å². The molecule has 156 valence electrons. The first-order valence-corrected chi connectivity index (χ1v) is 10.6. The van der Waals surface area contributed by atoms with Crippen LogP contribution in [0.5, 0.6) is 5.75 Å². The van der Waals surface area contributed by atoms with Gasteiger partial charge in [-0.3, -0.25) is 0 Å². The quantitative estimate of drug-likeness (QED) is 0.420. The Hall–Kier alpha value is -2.17. The minimum atomic E-state index is -0.324. The van der Waals surface area contributed by atoms with Crippen LogP contribution in [0.4, 0.5) is 0 Å². The minimum Gasteiger partial charge on any atom is -0.423 e. The number of benzene rings is 2. The molecule has 2 aromatic rings. The third kappa shape index (κ3) is 6.41. The molecule has 0 aliphatic heterocycles. The van der Waals surface area contributed by atoms with Crippen molar-refractivity contribution in [2.75, 3.05) is 27.4 Å². The van der Waals surface area contributed by atoms with Crippen molar-refractivity contribution in [3.63, 3.8) is 0 Å². The number of rotatable bonds is 9. The Kier molecular flexibility index (Phi) is 8.26. The highest BCUT2D eigenvalue weighted by atomic mass is 16.5. The summed E-state index contributed by atoms with van der Waals surface area (Å²) < 4.78 is 15.8. The van der Waals surface area contributed by atoms with Crippen molar-refractivity contribution in [3.8, 4) is 5.75 Å². The summed E-state index contributed by atoms with van der Waals surface area (Å²) in [4.78, 5) is 12.4. The van der Waals surface area contributed by atoms with E-state index in [1.165, 1.54) is 37.7 Å². The molecule has 0 bridgehead atoms. The van der Waals surface area contributed by atoms with Crippen LogP contribution < -0.4 is 4.74 Å². The molecule has 0 unspecified atom stereocenters.